The zero-order valence-corrected chi connectivity index (χ0v) is 10.2. The molecule has 1 rings (SSSR count). The van der Waals surface area contributed by atoms with Crippen molar-refractivity contribution in [2.24, 2.45) is 0 Å². The smallest absolute Gasteiger partial charge is 0.372 e. The first-order valence-electron chi connectivity index (χ1n) is 6.04. The lowest BCUT2D eigenvalue weighted by atomic mass is 10.4. The Kier molecular flexibility index (Phi) is 6.22. The third kappa shape index (κ3) is 8.40. The van der Waals surface area contributed by atoms with Crippen LogP contribution >= 0.6 is 0 Å². The molecule has 6 heteroatoms. The number of nitrogens with one attached hydrogen (secondary N) is 1. The molecule has 0 amide bonds. The van der Waals surface area contributed by atoms with Gasteiger partial charge in [-0.05, 0) is 32.9 Å². The Balaban J connectivity index is 1.78. The fourth-order valence-corrected chi connectivity index (χ4v) is 1.57. The highest BCUT2D eigenvalue weighted by Crippen LogP contribution is 2.24. The van der Waals surface area contributed by atoms with Crippen molar-refractivity contribution in [2.45, 2.75) is 31.5 Å². The highest BCUT2D eigenvalue weighted by atomic mass is 19.4. The quantitative estimate of drug-likeness (QED) is 0.633. The van der Waals surface area contributed by atoms with Crippen molar-refractivity contribution < 1.29 is 17.9 Å². The van der Waals surface area contributed by atoms with Gasteiger partial charge in [0.2, 0.25) is 0 Å². The molecule has 1 saturated carbocycles. The van der Waals surface area contributed by atoms with Crippen molar-refractivity contribution in [3.05, 3.63) is 0 Å². The Bertz CT molecular complexity index is 207. The van der Waals surface area contributed by atoms with Gasteiger partial charge < -0.3 is 15.0 Å². The Hall–Kier alpha value is -0.330. The van der Waals surface area contributed by atoms with E-state index in [1.807, 2.05) is 0 Å². The van der Waals surface area contributed by atoms with Gasteiger partial charge in [-0.3, -0.25) is 0 Å². The second-order valence-electron chi connectivity index (χ2n) is 4.48. The molecule has 0 spiro atoms. The van der Waals surface area contributed by atoms with E-state index in [1.54, 1.807) is 0 Å². The van der Waals surface area contributed by atoms with Crippen molar-refractivity contribution >= 4 is 0 Å². The monoisotopic (exact) mass is 254 g/mol. The summed E-state index contributed by atoms with van der Waals surface area (Å²) in [6, 6.07) is 0.756. The molecular weight excluding hydrogens is 233 g/mol. The van der Waals surface area contributed by atoms with Gasteiger partial charge in [0.25, 0.3) is 0 Å². The predicted molar refractivity (Wildman–Crippen MR) is 60.0 cm³/mol. The third-order valence-corrected chi connectivity index (χ3v) is 2.72. The Labute approximate surface area is 100 Å². The molecule has 0 saturated heterocycles. The number of hydrogen-bond donors (Lipinski definition) is 1. The number of halogens is 3. The van der Waals surface area contributed by atoms with E-state index in [2.05, 4.69) is 22.0 Å². The molecule has 0 aliphatic heterocycles. The minimum atomic E-state index is -4.21. The number of rotatable bonds is 9. The fraction of sp³-hybridized carbons (Fsp3) is 1.00. The zero-order chi connectivity index (χ0) is 12.7. The van der Waals surface area contributed by atoms with Gasteiger partial charge in [0.05, 0.1) is 0 Å². The Morgan fingerprint density at radius 2 is 2.00 bits per heavy atom. The summed E-state index contributed by atoms with van der Waals surface area (Å²) in [4.78, 5) is 2.31. The average Bonchev–Trinajstić information content (AvgIpc) is 3.03. The molecule has 0 aromatic heterocycles. The van der Waals surface area contributed by atoms with Crippen LogP contribution in [0.25, 0.3) is 0 Å². The molecule has 0 aromatic rings. The second-order valence-corrected chi connectivity index (χ2v) is 4.48. The first-order valence-corrected chi connectivity index (χ1v) is 6.04. The number of hydrogen-bond acceptors (Lipinski definition) is 3. The summed E-state index contributed by atoms with van der Waals surface area (Å²) in [5, 5.41) is 3.19. The number of nitrogens with zero attached hydrogens (tertiary/aromatic N) is 1. The fourth-order valence-electron chi connectivity index (χ4n) is 1.57. The van der Waals surface area contributed by atoms with Crippen LogP contribution in [-0.2, 0) is 4.74 Å². The molecule has 1 aliphatic rings. The van der Waals surface area contributed by atoms with E-state index in [4.69, 9.17) is 0 Å². The molecule has 0 aromatic carbocycles. The van der Waals surface area contributed by atoms with E-state index >= 15 is 0 Å². The van der Waals surface area contributed by atoms with Gasteiger partial charge in [-0.1, -0.05) is 0 Å². The maximum atomic E-state index is 11.7. The summed E-state index contributed by atoms with van der Waals surface area (Å²) < 4.78 is 39.6. The van der Waals surface area contributed by atoms with Crippen LogP contribution in [0.4, 0.5) is 13.2 Å². The summed E-state index contributed by atoms with van der Waals surface area (Å²) in [7, 11) is 2.10. The average molecular weight is 254 g/mol. The van der Waals surface area contributed by atoms with Crippen molar-refractivity contribution in [3.63, 3.8) is 0 Å². The van der Waals surface area contributed by atoms with Crippen molar-refractivity contribution in [2.75, 3.05) is 39.9 Å². The van der Waals surface area contributed by atoms with Crippen LogP contribution in [0.2, 0.25) is 0 Å². The first kappa shape index (κ1) is 14.7. The Morgan fingerprint density at radius 3 is 2.59 bits per heavy atom. The van der Waals surface area contributed by atoms with Crippen LogP contribution in [0.5, 0.6) is 0 Å². The molecular formula is C11H21F3N2O. The van der Waals surface area contributed by atoms with Gasteiger partial charge in [-0.15, -0.1) is 0 Å². The molecule has 0 heterocycles. The molecule has 1 N–H and O–H groups in total. The SMILES string of the molecule is CN(CCNCCCOCC(F)(F)F)C1CC1. The standard InChI is InChI=1S/C11H21F3N2O/c1-16(10-3-4-10)7-6-15-5-2-8-17-9-11(12,13)14/h10,15H,2-9H2,1H3. The summed E-state index contributed by atoms with van der Waals surface area (Å²) in [6.07, 6.45) is -1.01. The van der Waals surface area contributed by atoms with Crippen LogP contribution in [0, 0.1) is 0 Å². The Morgan fingerprint density at radius 1 is 1.29 bits per heavy atom. The van der Waals surface area contributed by atoms with Gasteiger partial charge in [-0.25, -0.2) is 0 Å². The molecule has 0 radical (unpaired) electrons. The number of likely N-dealkylation sites (N-methyl/N-ethyl adjacent to an activating group) is 1. The topological polar surface area (TPSA) is 24.5 Å². The van der Waals surface area contributed by atoms with E-state index in [9.17, 15) is 13.2 Å². The van der Waals surface area contributed by atoms with Crippen LogP contribution in [0.3, 0.4) is 0 Å². The lowest BCUT2D eigenvalue weighted by Crippen LogP contribution is -2.31. The molecule has 0 unspecified atom stereocenters. The van der Waals surface area contributed by atoms with Gasteiger partial charge in [0, 0.05) is 25.7 Å². The van der Waals surface area contributed by atoms with E-state index < -0.39 is 12.8 Å². The summed E-state index contributed by atoms with van der Waals surface area (Å²) in [5.41, 5.74) is 0. The molecule has 1 aliphatic carbocycles. The zero-order valence-electron chi connectivity index (χ0n) is 10.2. The van der Waals surface area contributed by atoms with E-state index in [-0.39, 0.29) is 6.61 Å². The van der Waals surface area contributed by atoms with Crippen molar-refractivity contribution in [3.8, 4) is 0 Å². The molecule has 0 atom stereocenters. The predicted octanol–water partition coefficient (Wildman–Crippen LogP) is 1.64. The minimum Gasteiger partial charge on any atom is -0.372 e. The maximum Gasteiger partial charge on any atom is 0.411 e. The molecule has 102 valence electrons. The van der Waals surface area contributed by atoms with Gasteiger partial charge in [0.15, 0.2) is 0 Å². The van der Waals surface area contributed by atoms with Crippen LogP contribution in [0.15, 0.2) is 0 Å². The highest BCUT2D eigenvalue weighted by Gasteiger charge is 2.27. The molecule has 17 heavy (non-hydrogen) atoms. The van der Waals surface area contributed by atoms with Crippen LogP contribution < -0.4 is 5.32 Å². The third-order valence-electron chi connectivity index (χ3n) is 2.72. The highest BCUT2D eigenvalue weighted by molar-refractivity contribution is 4.82. The number of ether oxygens (including phenoxy) is 1. The van der Waals surface area contributed by atoms with Crippen molar-refractivity contribution in [1.82, 2.24) is 10.2 Å². The first-order chi connectivity index (χ1) is 7.99. The largest absolute Gasteiger partial charge is 0.411 e. The lowest BCUT2D eigenvalue weighted by Gasteiger charge is -2.15. The van der Waals surface area contributed by atoms with E-state index in [0.717, 1.165) is 19.1 Å². The summed E-state index contributed by atoms with van der Waals surface area (Å²) >= 11 is 0. The summed E-state index contributed by atoms with van der Waals surface area (Å²) in [5.74, 6) is 0. The van der Waals surface area contributed by atoms with Gasteiger partial charge in [-0.2, -0.15) is 13.2 Å². The molecule has 1 fully saturated rings. The van der Waals surface area contributed by atoms with Gasteiger partial charge in [0.1, 0.15) is 6.61 Å². The van der Waals surface area contributed by atoms with E-state index in [0.29, 0.717) is 13.0 Å². The normalized spacial score (nSPS) is 16.8. The molecule has 0 bridgehead atoms. The lowest BCUT2D eigenvalue weighted by molar-refractivity contribution is -0.173. The second kappa shape index (κ2) is 7.18. The van der Waals surface area contributed by atoms with E-state index in [1.165, 1.54) is 12.8 Å². The maximum absolute atomic E-state index is 11.7. The van der Waals surface area contributed by atoms with Crippen LogP contribution in [-0.4, -0.2) is 57.0 Å². The molecule has 3 nitrogen and oxygen atoms in total. The van der Waals surface area contributed by atoms with Crippen LogP contribution in [0.1, 0.15) is 19.3 Å². The minimum absolute atomic E-state index is 0.158. The van der Waals surface area contributed by atoms with Crippen molar-refractivity contribution in [1.29, 1.82) is 0 Å². The number of alkyl halides is 3. The van der Waals surface area contributed by atoms with Gasteiger partial charge >= 0.3 is 6.18 Å². The summed E-state index contributed by atoms with van der Waals surface area (Å²) in [6.45, 7) is 1.60.